The Morgan fingerprint density at radius 3 is 2.38 bits per heavy atom. The molecule has 0 amide bonds. The van der Waals surface area contributed by atoms with Gasteiger partial charge in [0.15, 0.2) is 0 Å². The van der Waals surface area contributed by atoms with Crippen molar-refractivity contribution in [2.45, 2.75) is 6.61 Å². The molecule has 1 N–H and O–H groups in total. The van der Waals surface area contributed by atoms with Crippen LogP contribution in [0.15, 0.2) is 30.3 Å². The van der Waals surface area contributed by atoms with Crippen LogP contribution in [0.3, 0.4) is 0 Å². The maximum atomic E-state index is 9.60. The van der Waals surface area contributed by atoms with Crippen molar-refractivity contribution in [2.24, 2.45) is 0 Å². The number of pyridine rings is 1. The van der Waals surface area contributed by atoms with Gasteiger partial charge in [0.05, 0.1) is 25.3 Å². The molecule has 2 aromatic rings. The average molecular weight is 290 g/mol. The van der Waals surface area contributed by atoms with Gasteiger partial charge in [-0.1, -0.05) is 18.2 Å². The Morgan fingerprint density at radius 1 is 1.10 bits per heavy atom. The van der Waals surface area contributed by atoms with Crippen molar-refractivity contribution in [1.82, 2.24) is 4.98 Å². The van der Waals surface area contributed by atoms with Gasteiger partial charge in [-0.3, -0.25) is 0 Å². The Balaban J connectivity index is 2.36. The minimum Gasteiger partial charge on any atom is -0.392 e. The summed E-state index contributed by atoms with van der Waals surface area (Å²) >= 11 is 0. The van der Waals surface area contributed by atoms with Crippen LogP contribution in [-0.2, 0) is 16.1 Å². The zero-order valence-corrected chi connectivity index (χ0v) is 12.6. The first-order valence-corrected chi connectivity index (χ1v) is 7.02. The van der Waals surface area contributed by atoms with Crippen LogP contribution in [0.4, 0.5) is 5.82 Å². The van der Waals surface area contributed by atoms with Gasteiger partial charge >= 0.3 is 0 Å². The molecule has 1 heterocycles. The molecule has 0 unspecified atom stereocenters. The molecule has 0 saturated heterocycles. The van der Waals surface area contributed by atoms with Gasteiger partial charge in [-0.2, -0.15) is 0 Å². The molecule has 0 atom stereocenters. The smallest absolute Gasteiger partial charge is 0.129 e. The maximum absolute atomic E-state index is 9.60. The number of hydrogen-bond donors (Lipinski definition) is 1. The highest BCUT2D eigenvalue weighted by molar-refractivity contribution is 5.84. The van der Waals surface area contributed by atoms with E-state index < -0.39 is 0 Å². The second kappa shape index (κ2) is 7.93. The minimum atomic E-state index is -0.00156. The van der Waals surface area contributed by atoms with E-state index in [1.807, 2.05) is 30.3 Å². The van der Waals surface area contributed by atoms with E-state index in [1.165, 1.54) is 0 Å². The topological polar surface area (TPSA) is 54.8 Å². The van der Waals surface area contributed by atoms with E-state index in [0.29, 0.717) is 13.2 Å². The molecule has 0 saturated carbocycles. The number of aliphatic hydroxyl groups is 1. The molecule has 0 fully saturated rings. The van der Waals surface area contributed by atoms with E-state index in [9.17, 15) is 5.11 Å². The number of aromatic nitrogens is 1. The Hall–Kier alpha value is -1.69. The molecule has 0 bridgehead atoms. The highest BCUT2D eigenvalue weighted by atomic mass is 16.5. The lowest BCUT2D eigenvalue weighted by atomic mass is 10.1. The number of hydrogen-bond acceptors (Lipinski definition) is 5. The van der Waals surface area contributed by atoms with E-state index in [0.717, 1.165) is 35.4 Å². The van der Waals surface area contributed by atoms with Gasteiger partial charge in [-0.15, -0.1) is 0 Å². The largest absolute Gasteiger partial charge is 0.392 e. The summed E-state index contributed by atoms with van der Waals surface area (Å²) in [7, 11) is 3.36. The van der Waals surface area contributed by atoms with Gasteiger partial charge in [-0.05, 0) is 17.7 Å². The van der Waals surface area contributed by atoms with Crippen molar-refractivity contribution in [3.8, 4) is 0 Å². The quantitative estimate of drug-likeness (QED) is 0.804. The molecule has 21 heavy (non-hydrogen) atoms. The predicted octanol–water partition coefficient (Wildman–Crippen LogP) is 1.83. The normalized spacial score (nSPS) is 11.0. The molecule has 1 aromatic heterocycles. The number of anilines is 1. The number of ether oxygens (including phenoxy) is 2. The van der Waals surface area contributed by atoms with Crippen molar-refractivity contribution < 1.29 is 14.6 Å². The van der Waals surface area contributed by atoms with Crippen LogP contribution in [-0.4, -0.2) is 50.6 Å². The SMILES string of the molecule is COCCN(CCOC)c1cc(CO)c2ccccc2n1. The Labute approximate surface area is 125 Å². The summed E-state index contributed by atoms with van der Waals surface area (Å²) in [6.07, 6.45) is 0. The summed E-state index contributed by atoms with van der Waals surface area (Å²) in [6, 6.07) is 9.79. The third-order valence-corrected chi connectivity index (χ3v) is 3.41. The maximum Gasteiger partial charge on any atom is 0.129 e. The number of fused-ring (bicyclic) bond motifs is 1. The number of para-hydroxylation sites is 1. The van der Waals surface area contributed by atoms with Crippen LogP contribution in [0.2, 0.25) is 0 Å². The van der Waals surface area contributed by atoms with E-state index >= 15 is 0 Å². The first kappa shape index (κ1) is 15.7. The zero-order chi connectivity index (χ0) is 15.1. The fourth-order valence-electron chi connectivity index (χ4n) is 2.27. The molecular weight excluding hydrogens is 268 g/mol. The van der Waals surface area contributed by atoms with E-state index in [-0.39, 0.29) is 6.61 Å². The van der Waals surface area contributed by atoms with Crippen LogP contribution in [0.5, 0.6) is 0 Å². The summed E-state index contributed by atoms with van der Waals surface area (Å²) in [5, 5.41) is 10.6. The van der Waals surface area contributed by atoms with Crippen molar-refractivity contribution in [1.29, 1.82) is 0 Å². The molecular formula is C16H22N2O3. The van der Waals surface area contributed by atoms with Crippen LogP contribution in [0, 0.1) is 0 Å². The lowest BCUT2D eigenvalue weighted by molar-refractivity contribution is 0.190. The molecule has 5 heteroatoms. The Morgan fingerprint density at radius 2 is 1.76 bits per heavy atom. The first-order chi connectivity index (χ1) is 10.3. The van der Waals surface area contributed by atoms with Crippen LogP contribution in [0.25, 0.3) is 10.9 Å². The van der Waals surface area contributed by atoms with Crippen LogP contribution < -0.4 is 4.90 Å². The number of nitrogens with zero attached hydrogens (tertiary/aromatic N) is 2. The second-order valence-corrected chi connectivity index (χ2v) is 4.79. The monoisotopic (exact) mass is 290 g/mol. The third-order valence-electron chi connectivity index (χ3n) is 3.41. The van der Waals surface area contributed by atoms with Crippen LogP contribution in [0.1, 0.15) is 5.56 Å². The van der Waals surface area contributed by atoms with Crippen molar-refractivity contribution in [3.63, 3.8) is 0 Å². The van der Waals surface area contributed by atoms with E-state index in [1.54, 1.807) is 14.2 Å². The van der Waals surface area contributed by atoms with Crippen LogP contribution >= 0.6 is 0 Å². The minimum absolute atomic E-state index is 0.00156. The highest BCUT2D eigenvalue weighted by Gasteiger charge is 2.11. The molecule has 0 aliphatic carbocycles. The lowest BCUT2D eigenvalue weighted by Gasteiger charge is -2.24. The number of methoxy groups -OCH3 is 2. The molecule has 0 spiro atoms. The van der Waals surface area contributed by atoms with Gasteiger partial charge in [-0.25, -0.2) is 4.98 Å². The Kier molecular flexibility index (Phi) is 5.92. The fourth-order valence-corrected chi connectivity index (χ4v) is 2.27. The zero-order valence-electron chi connectivity index (χ0n) is 12.6. The van der Waals surface area contributed by atoms with Crippen molar-refractivity contribution in [2.75, 3.05) is 45.4 Å². The summed E-state index contributed by atoms with van der Waals surface area (Å²) in [5.41, 5.74) is 1.77. The molecule has 5 nitrogen and oxygen atoms in total. The van der Waals surface area contributed by atoms with E-state index in [4.69, 9.17) is 14.5 Å². The van der Waals surface area contributed by atoms with Gasteiger partial charge in [0.2, 0.25) is 0 Å². The summed E-state index contributed by atoms with van der Waals surface area (Å²) in [4.78, 5) is 6.80. The average Bonchev–Trinajstić information content (AvgIpc) is 2.54. The van der Waals surface area contributed by atoms with Gasteiger partial charge < -0.3 is 19.5 Å². The summed E-state index contributed by atoms with van der Waals surface area (Å²) in [6.45, 7) is 2.70. The number of aliphatic hydroxyl groups excluding tert-OH is 1. The summed E-state index contributed by atoms with van der Waals surface area (Å²) in [5.74, 6) is 0.840. The van der Waals surface area contributed by atoms with E-state index in [2.05, 4.69) is 4.90 Å². The predicted molar refractivity (Wildman–Crippen MR) is 83.6 cm³/mol. The van der Waals surface area contributed by atoms with Crippen molar-refractivity contribution in [3.05, 3.63) is 35.9 Å². The molecule has 2 rings (SSSR count). The third kappa shape index (κ3) is 3.91. The molecule has 1 aromatic carbocycles. The Bertz CT molecular complexity index is 566. The standard InChI is InChI=1S/C16H22N2O3/c1-20-9-7-18(8-10-21-2)16-11-13(12-19)14-5-3-4-6-15(14)17-16/h3-6,11,19H,7-10,12H2,1-2H3. The number of benzene rings is 1. The molecule has 0 aliphatic rings. The molecule has 0 radical (unpaired) electrons. The molecule has 0 aliphatic heterocycles. The van der Waals surface area contributed by atoms with Gasteiger partial charge in [0, 0.05) is 32.7 Å². The first-order valence-electron chi connectivity index (χ1n) is 7.02. The molecule has 114 valence electrons. The summed E-state index contributed by atoms with van der Waals surface area (Å²) < 4.78 is 10.3. The highest BCUT2D eigenvalue weighted by Crippen LogP contribution is 2.23. The van der Waals surface area contributed by atoms with Gasteiger partial charge in [0.25, 0.3) is 0 Å². The lowest BCUT2D eigenvalue weighted by Crippen LogP contribution is -2.31. The van der Waals surface area contributed by atoms with Gasteiger partial charge in [0.1, 0.15) is 5.82 Å². The fraction of sp³-hybridized carbons (Fsp3) is 0.438. The number of rotatable bonds is 8. The van der Waals surface area contributed by atoms with Crippen molar-refractivity contribution >= 4 is 16.7 Å². The second-order valence-electron chi connectivity index (χ2n) is 4.79.